The number of hydrogen-bond donors (Lipinski definition) is 1. The van der Waals surface area contributed by atoms with E-state index in [1.165, 1.54) is 19.3 Å². The van der Waals surface area contributed by atoms with Crippen molar-refractivity contribution in [2.75, 3.05) is 13.9 Å². The van der Waals surface area contributed by atoms with Crippen LogP contribution in [0.25, 0.3) is 6.08 Å². The van der Waals surface area contributed by atoms with Gasteiger partial charge in [0.2, 0.25) is 0 Å². The lowest BCUT2D eigenvalue weighted by molar-refractivity contribution is -0.107. The molecular formula is C20H32O3. The Morgan fingerprint density at radius 3 is 2.48 bits per heavy atom. The van der Waals surface area contributed by atoms with Crippen molar-refractivity contribution >= 4 is 6.08 Å². The number of ether oxygens (including phenoxy) is 2. The summed E-state index contributed by atoms with van der Waals surface area (Å²) in [5, 5.41) is 10.8. The highest BCUT2D eigenvalue weighted by Gasteiger charge is 2.22. The number of unbranched alkanes of at least 4 members (excludes halogenated alkanes) is 3. The highest BCUT2D eigenvalue weighted by molar-refractivity contribution is 5.53. The van der Waals surface area contributed by atoms with E-state index in [0.29, 0.717) is 0 Å². The SMILES string of the molecule is CCCCCC[C@@H](OCOC)[C@@H](O)/C(=C/c1ccccc1)CC. The van der Waals surface area contributed by atoms with Crippen LogP contribution < -0.4 is 0 Å². The molecule has 3 heteroatoms. The van der Waals surface area contributed by atoms with Crippen molar-refractivity contribution in [1.29, 1.82) is 0 Å². The minimum absolute atomic E-state index is 0.207. The van der Waals surface area contributed by atoms with Crippen molar-refractivity contribution in [3.8, 4) is 0 Å². The highest BCUT2D eigenvalue weighted by atomic mass is 16.7. The van der Waals surface area contributed by atoms with Crippen LogP contribution in [0.1, 0.15) is 57.9 Å². The monoisotopic (exact) mass is 320 g/mol. The summed E-state index contributed by atoms with van der Waals surface area (Å²) in [6, 6.07) is 10.1. The molecule has 0 spiro atoms. The van der Waals surface area contributed by atoms with Crippen LogP contribution in [0.2, 0.25) is 0 Å². The average Bonchev–Trinajstić information content (AvgIpc) is 2.59. The molecule has 1 aromatic carbocycles. The van der Waals surface area contributed by atoms with E-state index in [1.807, 2.05) is 18.2 Å². The van der Waals surface area contributed by atoms with Crippen LogP contribution in [-0.2, 0) is 9.47 Å². The van der Waals surface area contributed by atoms with E-state index in [4.69, 9.17) is 9.47 Å². The molecule has 0 saturated heterocycles. The zero-order chi connectivity index (χ0) is 16.9. The van der Waals surface area contributed by atoms with Crippen LogP contribution in [0.5, 0.6) is 0 Å². The molecule has 0 fully saturated rings. The molecule has 0 aliphatic carbocycles. The first-order valence-corrected chi connectivity index (χ1v) is 8.77. The van der Waals surface area contributed by atoms with E-state index in [-0.39, 0.29) is 12.9 Å². The van der Waals surface area contributed by atoms with Crippen LogP contribution in [-0.4, -0.2) is 31.2 Å². The molecule has 0 bridgehead atoms. The third-order valence-electron chi connectivity index (χ3n) is 4.03. The molecule has 3 nitrogen and oxygen atoms in total. The predicted molar refractivity (Wildman–Crippen MR) is 96.2 cm³/mol. The quantitative estimate of drug-likeness (QED) is 0.444. The Morgan fingerprint density at radius 2 is 1.87 bits per heavy atom. The Morgan fingerprint density at radius 1 is 1.13 bits per heavy atom. The van der Waals surface area contributed by atoms with Gasteiger partial charge in [-0.1, -0.05) is 75.9 Å². The molecule has 2 atom stereocenters. The molecule has 0 aromatic heterocycles. The fraction of sp³-hybridized carbons (Fsp3) is 0.600. The van der Waals surface area contributed by atoms with Crippen LogP contribution >= 0.6 is 0 Å². The van der Waals surface area contributed by atoms with Crippen molar-refractivity contribution in [3.05, 3.63) is 41.5 Å². The van der Waals surface area contributed by atoms with Crippen molar-refractivity contribution in [2.45, 2.75) is 64.6 Å². The van der Waals surface area contributed by atoms with Crippen molar-refractivity contribution in [3.63, 3.8) is 0 Å². The molecule has 1 rings (SSSR count). The summed E-state index contributed by atoms with van der Waals surface area (Å²) in [4.78, 5) is 0. The molecule has 0 aliphatic rings. The van der Waals surface area contributed by atoms with Gasteiger partial charge in [0.25, 0.3) is 0 Å². The average molecular weight is 320 g/mol. The number of aliphatic hydroxyl groups is 1. The van der Waals surface area contributed by atoms with Gasteiger partial charge in [0.1, 0.15) is 12.9 Å². The Bertz CT molecular complexity index is 428. The second-order valence-corrected chi connectivity index (χ2v) is 5.89. The summed E-state index contributed by atoms with van der Waals surface area (Å²) in [6.45, 7) is 4.49. The normalized spacial score (nSPS) is 14.7. The predicted octanol–water partition coefficient (Wildman–Crippen LogP) is 4.80. The fourth-order valence-electron chi connectivity index (χ4n) is 2.66. The van der Waals surface area contributed by atoms with Crippen LogP contribution in [0.3, 0.4) is 0 Å². The fourth-order valence-corrected chi connectivity index (χ4v) is 2.66. The summed E-state index contributed by atoms with van der Waals surface area (Å²) in [5.41, 5.74) is 2.12. The second kappa shape index (κ2) is 12.3. The van der Waals surface area contributed by atoms with Crippen molar-refractivity contribution < 1.29 is 14.6 Å². The van der Waals surface area contributed by atoms with E-state index < -0.39 is 6.10 Å². The van der Waals surface area contributed by atoms with Gasteiger partial charge in [0.05, 0.1) is 6.10 Å². The first-order valence-electron chi connectivity index (χ1n) is 8.77. The van der Waals surface area contributed by atoms with Crippen LogP contribution in [0.4, 0.5) is 0 Å². The molecule has 0 amide bonds. The number of rotatable bonds is 12. The Kier molecular flexibility index (Phi) is 10.6. The zero-order valence-electron chi connectivity index (χ0n) is 14.8. The van der Waals surface area contributed by atoms with Gasteiger partial charge in [-0.15, -0.1) is 0 Å². The van der Waals surface area contributed by atoms with Gasteiger partial charge in [-0.2, -0.15) is 0 Å². The third kappa shape index (κ3) is 7.78. The number of methoxy groups -OCH3 is 1. The highest BCUT2D eigenvalue weighted by Crippen LogP contribution is 2.21. The third-order valence-corrected chi connectivity index (χ3v) is 4.03. The number of benzene rings is 1. The lowest BCUT2D eigenvalue weighted by Crippen LogP contribution is -2.31. The van der Waals surface area contributed by atoms with E-state index >= 15 is 0 Å². The van der Waals surface area contributed by atoms with Gasteiger partial charge in [0, 0.05) is 7.11 Å². The maximum absolute atomic E-state index is 10.8. The molecule has 1 aromatic rings. The maximum Gasteiger partial charge on any atom is 0.146 e. The zero-order valence-corrected chi connectivity index (χ0v) is 14.8. The van der Waals surface area contributed by atoms with E-state index in [9.17, 15) is 5.11 Å². The van der Waals surface area contributed by atoms with Gasteiger partial charge in [0.15, 0.2) is 0 Å². The summed E-state index contributed by atoms with van der Waals surface area (Å²) < 4.78 is 10.8. The maximum atomic E-state index is 10.8. The summed E-state index contributed by atoms with van der Waals surface area (Å²) >= 11 is 0. The smallest absolute Gasteiger partial charge is 0.146 e. The molecular weight excluding hydrogens is 288 g/mol. The molecule has 0 radical (unpaired) electrons. The van der Waals surface area contributed by atoms with Crippen molar-refractivity contribution in [1.82, 2.24) is 0 Å². The van der Waals surface area contributed by atoms with Gasteiger partial charge < -0.3 is 14.6 Å². The first kappa shape index (κ1) is 19.9. The Hall–Kier alpha value is -1.16. The number of aliphatic hydroxyl groups excluding tert-OH is 1. The van der Waals surface area contributed by atoms with E-state index in [2.05, 4.69) is 32.1 Å². The van der Waals surface area contributed by atoms with E-state index in [1.54, 1.807) is 7.11 Å². The molecule has 0 unspecified atom stereocenters. The number of hydrogen-bond acceptors (Lipinski definition) is 3. The molecule has 130 valence electrons. The standard InChI is InChI=1S/C20H32O3/c1-4-6-7-11-14-19(23-16-22-3)20(21)18(5-2)15-17-12-9-8-10-13-17/h8-10,12-13,15,19-21H,4-7,11,14,16H2,1-3H3/b18-15+/t19-,20+/m1/s1. The van der Waals surface area contributed by atoms with Crippen LogP contribution in [0, 0.1) is 0 Å². The first-order chi connectivity index (χ1) is 11.2. The van der Waals surface area contributed by atoms with Gasteiger partial charge >= 0.3 is 0 Å². The molecule has 0 heterocycles. The Labute approximate surface area is 141 Å². The molecule has 23 heavy (non-hydrogen) atoms. The summed E-state index contributed by atoms with van der Waals surface area (Å²) in [5.74, 6) is 0. The summed E-state index contributed by atoms with van der Waals surface area (Å²) in [7, 11) is 1.61. The molecule has 0 aliphatic heterocycles. The largest absolute Gasteiger partial charge is 0.386 e. The lowest BCUT2D eigenvalue weighted by Gasteiger charge is -2.25. The van der Waals surface area contributed by atoms with E-state index in [0.717, 1.165) is 30.4 Å². The van der Waals surface area contributed by atoms with Gasteiger partial charge in [-0.25, -0.2) is 0 Å². The van der Waals surface area contributed by atoms with Crippen LogP contribution in [0.15, 0.2) is 35.9 Å². The van der Waals surface area contributed by atoms with Gasteiger partial charge in [-0.05, 0) is 24.0 Å². The van der Waals surface area contributed by atoms with Crippen molar-refractivity contribution in [2.24, 2.45) is 0 Å². The minimum atomic E-state index is -0.586. The second-order valence-electron chi connectivity index (χ2n) is 5.89. The lowest BCUT2D eigenvalue weighted by atomic mass is 9.96. The molecule has 1 N–H and O–H groups in total. The topological polar surface area (TPSA) is 38.7 Å². The summed E-state index contributed by atoms with van der Waals surface area (Å²) in [6.07, 6.45) is 7.63. The van der Waals surface area contributed by atoms with Gasteiger partial charge in [-0.3, -0.25) is 0 Å². The minimum Gasteiger partial charge on any atom is -0.386 e. The Balaban J connectivity index is 2.74. The molecule has 0 saturated carbocycles.